The second-order valence-electron chi connectivity index (χ2n) is 7.63. The molecule has 5 nitrogen and oxygen atoms in total. The minimum Gasteiger partial charge on any atom is -0.744 e. The molecule has 0 aliphatic heterocycles. The number of unbranched alkanes of at least 4 members (excludes halogenated alkanes) is 3. The summed E-state index contributed by atoms with van der Waals surface area (Å²) in [4.78, 5) is -0.0851. The normalized spacial score (nSPS) is 11.9. The number of hydrogen-bond donors (Lipinski definition) is 1. The molecule has 1 rings (SSSR count). The van der Waals surface area contributed by atoms with Crippen LogP contribution in [0.1, 0.15) is 76.0 Å². The molecule has 0 atom stereocenters. The van der Waals surface area contributed by atoms with E-state index in [1.54, 1.807) is 26.0 Å². The van der Waals surface area contributed by atoms with Gasteiger partial charge >= 0.3 is 0 Å². The van der Waals surface area contributed by atoms with Crippen LogP contribution in [0.3, 0.4) is 0 Å². The van der Waals surface area contributed by atoms with E-state index in [4.69, 9.17) is 5.84 Å². The fraction of sp³-hybridized carbons (Fsp3) is 0.714. The third kappa shape index (κ3) is 10.2. The molecule has 6 heteroatoms. The van der Waals surface area contributed by atoms with E-state index < -0.39 is 10.1 Å². The van der Waals surface area contributed by atoms with Gasteiger partial charge in [-0.1, -0.05) is 57.7 Å². The van der Waals surface area contributed by atoms with Gasteiger partial charge in [-0.15, -0.1) is 0 Å². The van der Waals surface area contributed by atoms with Crippen molar-refractivity contribution in [1.29, 1.82) is 0 Å². The topological polar surface area (TPSA) is 83.2 Å². The Morgan fingerprint density at radius 1 is 0.852 bits per heavy atom. The SMILES string of the molecule is CCCC[N+](N)(CCCC)CCCC.Cc1cc(C)c(S(=O)(=O)[O-])c(C)c1. The first-order valence-electron chi connectivity index (χ1n) is 10.2. The third-order valence-corrected chi connectivity index (χ3v) is 5.87. The number of aryl methyl sites for hydroxylation is 3. The first-order valence-corrected chi connectivity index (χ1v) is 11.6. The number of rotatable bonds is 10. The van der Waals surface area contributed by atoms with Gasteiger partial charge in [-0.25, -0.2) is 13.0 Å². The lowest BCUT2D eigenvalue weighted by Gasteiger charge is -2.33. The summed E-state index contributed by atoms with van der Waals surface area (Å²) >= 11 is 0. The minimum atomic E-state index is -4.33. The highest BCUT2D eigenvalue weighted by Gasteiger charge is 2.20. The predicted octanol–water partition coefficient (Wildman–Crippen LogP) is 4.59. The number of benzene rings is 1. The van der Waals surface area contributed by atoms with Crippen molar-refractivity contribution in [1.82, 2.24) is 0 Å². The van der Waals surface area contributed by atoms with Crippen molar-refractivity contribution in [2.45, 2.75) is 85.0 Å². The summed E-state index contributed by atoms with van der Waals surface area (Å²) in [5.41, 5.74) is 2.00. The molecule has 0 bridgehead atoms. The fourth-order valence-electron chi connectivity index (χ4n) is 3.32. The van der Waals surface area contributed by atoms with E-state index in [0.29, 0.717) is 11.1 Å². The molecular formula is C21H40N2O3S. The second-order valence-corrected chi connectivity index (χ2v) is 8.95. The lowest BCUT2D eigenvalue weighted by atomic mass is 10.1. The Morgan fingerprint density at radius 2 is 1.19 bits per heavy atom. The van der Waals surface area contributed by atoms with Crippen molar-refractivity contribution in [3.8, 4) is 0 Å². The largest absolute Gasteiger partial charge is 0.744 e. The lowest BCUT2D eigenvalue weighted by Crippen LogP contribution is -2.56. The molecule has 0 aromatic heterocycles. The zero-order chi connectivity index (χ0) is 21.1. The fourth-order valence-corrected chi connectivity index (χ4v) is 4.22. The maximum absolute atomic E-state index is 10.8. The Bertz CT molecular complexity index is 613. The third-order valence-electron chi connectivity index (χ3n) is 4.73. The van der Waals surface area contributed by atoms with Gasteiger partial charge in [0.2, 0.25) is 0 Å². The minimum absolute atomic E-state index is 0.0851. The number of quaternary nitrogens is 1. The van der Waals surface area contributed by atoms with E-state index in [0.717, 1.165) is 29.8 Å². The van der Waals surface area contributed by atoms with Crippen molar-refractivity contribution in [3.63, 3.8) is 0 Å². The van der Waals surface area contributed by atoms with E-state index in [1.807, 2.05) is 6.92 Å². The average molecular weight is 401 g/mol. The van der Waals surface area contributed by atoms with E-state index in [2.05, 4.69) is 20.8 Å². The van der Waals surface area contributed by atoms with Gasteiger partial charge in [0.25, 0.3) is 0 Å². The predicted molar refractivity (Wildman–Crippen MR) is 112 cm³/mol. The molecule has 0 aliphatic carbocycles. The number of nitrogens with two attached hydrogens (primary N) is 1. The lowest BCUT2D eigenvalue weighted by molar-refractivity contribution is -0.940. The summed E-state index contributed by atoms with van der Waals surface area (Å²) in [6, 6.07) is 3.38. The van der Waals surface area contributed by atoms with Crippen LogP contribution >= 0.6 is 0 Å². The van der Waals surface area contributed by atoms with Crippen molar-refractivity contribution >= 4 is 10.1 Å². The highest BCUT2D eigenvalue weighted by Crippen LogP contribution is 2.20. The molecule has 1 aromatic rings. The average Bonchev–Trinajstić information content (AvgIpc) is 2.55. The summed E-state index contributed by atoms with van der Waals surface area (Å²) in [7, 11) is -4.33. The van der Waals surface area contributed by atoms with Crippen LogP contribution in [0.5, 0.6) is 0 Å². The van der Waals surface area contributed by atoms with E-state index in [-0.39, 0.29) is 4.90 Å². The van der Waals surface area contributed by atoms with Crippen LogP contribution in [0.15, 0.2) is 17.0 Å². The molecule has 0 amide bonds. The van der Waals surface area contributed by atoms with E-state index in [1.165, 1.54) is 38.5 Å². The molecule has 0 saturated heterocycles. The smallest absolute Gasteiger partial charge is 0.124 e. The van der Waals surface area contributed by atoms with Gasteiger partial charge in [0.15, 0.2) is 0 Å². The van der Waals surface area contributed by atoms with Crippen LogP contribution in [0, 0.1) is 20.8 Å². The molecule has 0 heterocycles. The van der Waals surface area contributed by atoms with Gasteiger partial charge in [-0.05, 0) is 51.2 Å². The summed E-state index contributed by atoms with van der Waals surface area (Å²) in [5.74, 6) is 6.39. The highest BCUT2D eigenvalue weighted by molar-refractivity contribution is 7.85. The summed E-state index contributed by atoms with van der Waals surface area (Å²) in [5, 5.41) is 0. The van der Waals surface area contributed by atoms with Gasteiger partial charge in [0.1, 0.15) is 10.1 Å². The van der Waals surface area contributed by atoms with Gasteiger partial charge in [-0.2, -0.15) is 5.84 Å². The van der Waals surface area contributed by atoms with Crippen molar-refractivity contribution < 1.29 is 17.6 Å². The Balaban J connectivity index is 0.000000501. The van der Waals surface area contributed by atoms with Gasteiger partial charge in [-0.3, -0.25) is 0 Å². The standard InChI is InChI=1S/C12H29N2.C9H12O3S/c1-4-7-10-14(13,11-8-5-2)12-9-6-3;1-6-4-7(2)9(8(3)5-6)13(10,11)12/h4-13H2,1-3H3;4-5H,1-3H3,(H,10,11,12)/q+1;/p-1. The molecule has 158 valence electrons. The molecule has 0 unspecified atom stereocenters. The van der Waals surface area contributed by atoms with Crippen LogP contribution in [0.4, 0.5) is 0 Å². The number of hydrogen-bond acceptors (Lipinski definition) is 4. The highest BCUT2D eigenvalue weighted by atomic mass is 32.2. The second kappa shape index (κ2) is 12.5. The van der Waals surface area contributed by atoms with Gasteiger partial charge in [0.05, 0.1) is 24.5 Å². The number of nitrogens with zero attached hydrogens (tertiary/aromatic N) is 1. The summed E-state index contributed by atoms with van der Waals surface area (Å²) in [6.07, 6.45) is 7.58. The Kier molecular flexibility index (Phi) is 12.1. The molecule has 2 N–H and O–H groups in total. The van der Waals surface area contributed by atoms with Crippen molar-refractivity contribution in [3.05, 3.63) is 28.8 Å². The van der Waals surface area contributed by atoms with Crippen LogP contribution in [-0.4, -0.2) is 37.2 Å². The quantitative estimate of drug-likeness (QED) is 0.269. The zero-order valence-electron chi connectivity index (χ0n) is 18.2. The van der Waals surface area contributed by atoms with Gasteiger partial charge < -0.3 is 4.55 Å². The molecule has 27 heavy (non-hydrogen) atoms. The van der Waals surface area contributed by atoms with Crippen LogP contribution in [-0.2, 0) is 10.1 Å². The Morgan fingerprint density at radius 3 is 1.44 bits per heavy atom. The summed E-state index contributed by atoms with van der Waals surface area (Å²) < 4.78 is 33.3. The Labute approximate surface area is 167 Å². The van der Waals surface area contributed by atoms with Crippen molar-refractivity contribution in [2.24, 2.45) is 5.84 Å². The molecule has 0 saturated carbocycles. The monoisotopic (exact) mass is 400 g/mol. The molecule has 0 radical (unpaired) electrons. The zero-order valence-corrected chi connectivity index (χ0v) is 19.0. The van der Waals surface area contributed by atoms with Crippen LogP contribution < -0.4 is 5.84 Å². The van der Waals surface area contributed by atoms with Crippen LogP contribution in [0.2, 0.25) is 0 Å². The first-order chi connectivity index (χ1) is 12.5. The van der Waals surface area contributed by atoms with Crippen LogP contribution in [0.25, 0.3) is 0 Å². The van der Waals surface area contributed by atoms with E-state index in [9.17, 15) is 13.0 Å². The molecule has 1 aromatic carbocycles. The molecule has 0 fully saturated rings. The maximum Gasteiger partial charge on any atom is 0.124 e. The molecular weight excluding hydrogens is 360 g/mol. The maximum atomic E-state index is 10.8. The molecule has 0 spiro atoms. The molecule has 0 aliphatic rings. The summed E-state index contributed by atoms with van der Waals surface area (Å²) in [6.45, 7) is 15.3. The van der Waals surface area contributed by atoms with Gasteiger partial charge in [0, 0.05) is 0 Å². The Hall–Kier alpha value is -0.950. The van der Waals surface area contributed by atoms with E-state index >= 15 is 0 Å². The first kappa shape index (κ1) is 26.1. The van der Waals surface area contributed by atoms with Crippen molar-refractivity contribution in [2.75, 3.05) is 19.6 Å².